The molecule has 0 saturated heterocycles. The molecule has 0 spiro atoms. The first-order chi connectivity index (χ1) is 13.1. The summed E-state index contributed by atoms with van der Waals surface area (Å²) in [6.45, 7) is 0.207. The Bertz CT molecular complexity index is 799. The molecule has 1 fully saturated rings. The van der Waals surface area contributed by atoms with Crippen molar-refractivity contribution in [2.24, 2.45) is 5.92 Å². The van der Waals surface area contributed by atoms with Crippen LogP contribution in [-0.2, 0) is 16.0 Å². The Labute approximate surface area is 163 Å². The van der Waals surface area contributed by atoms with Crippen molar-refractivity contribution in [1.29, 1.82) is 0 Å². The Hall–Kier alpha value is -2.05. The highest BCUT2D eigenvalue weighted by atomic mass is 35.5. The highest BCUT2D eigenvalue weighted by Crippen LogP contribution is 2.26. The molecule has 1 aliphatic carbocycles. The number of halogens is 1. The maximum atomic E-state index is 12.1. The van der Waals surface area contributed by atoms with Crippen LogP contribution < -0.4 is 10.6 Å². The van der Waals surface area contributed by atoms with Crippen LogP contribution in [-0.4, -0.2) is 41.1 Å². The summed E-state index contributed by atoms with van der Waals surface area (Å²) in [5, 5.41) is 16.6. The molecule has 1 saturated carbocycles. The van der Waals surface area contributed by atoms with Crippen LogP contribution in [0, 0.1) is 5.92 Å². The molecule has 1 aromatic carbocycles. The first-order valence-corrected chi connectivity index (χ1v) is 9.91. The molecule has 6 nitrogen and oxygen atoms in total. The van der Waals surface area contributed by atoms with Crippen LogP contribution in [0.4, 0.5) is 0 Å². The molecule has 2 aromatic rings. The SMILES string of the molecule is O=C(NCCc1c[nH]c2ccc(Cl)cc12)C(=O)N[C@H](CO)C1CCCCC1. The zero-order chi connectivity index (χ0) is 19.2. The molecule has 146 valence electrons. The van der Waals surface area contributed by atoms with Gasteiger partial charge in [0.15, 0.2) is 0 Å². The zero-order valence-electron chi connectivity index (χ0n) is 15.3. The smallest absolute Gasteiger partial charge is 0.309 e. The average molecular weight is 392 g/mol. The van der Waals surface area contributed by atoms with E-state index in [9.17, 15) is 14.7 Å². The molecule has 7 heteroatoms. The summed E-state index contributed by atoms with van der Waals surface area (Å²) < 4.78 is 0. The van der Waals surface area contributed by atoms with E-state index in [0.29, 0.717) is 18.0 Å². The summed E-state index contributed by atoms with van der Waals surface area (Å²) in [6.07, 6.45) is 7.86. The van der Waals surface area contributed by atoms with Gasteiger partial charge in [0.2, 0.25) is 0 Å². The van der Waals surface area contributed by atoms with Crippen LogP contribution in [0.2, 0.25) is 5.02 Å². The number of H-pyrrole nitrogens is 1. The molecule has 3 rings (SSSR count). The van der Waals surface area contributed by atoms with Crippen LogP contribution in [0.5, 0.6) is 0 Å². The number of amides is 2. The number of carbonyl (C=O) groups excluding carboxylic acids is 2. The monoisotopic (exact) mass is 391 g/mol. The molecule has 0 unspecified atom stereocenters. The van der Waals surface area contributed by atoms with Gasteiger partial charge in [0.1, 0.15) is 0 Å². The summed E-state index contributed by atoms with van der Waals surface area (Å²) in [4.78, 5) is 27.4. The molecular weight excluding hydrogens is 366 g/mol. The summed E-state index contributed by atoms with van der Waals surface area (Å²) in [7, 11) is 0. The van der Waals surface area contributed by atoms with Crippen molar-refractivity contribution in [1.82, 2.24) is 15.6 Å². The lowest BCUT2D eigenvalue weighted by molar-refractivity contribution is -0.140. The van der Waals surface area contributed by atoms with Crippen LogP contribution in [0.25, 0.3) is 10.9 Å². The highest BCUT2D eigenvalue weighted by Gasteiger charge is 2.26. The van der Waals surface area contributed by atoms with Gasteiger partial charge in [0, 0.05) is 28.7 Å². The standard InChI is InChI=1S/C20H26ClN3O3/c21-15-6-7-17-16(10-15)14(11-23-17)8-9-22-19(26)20(27)24-18(12-25)13-4-2-1-3-5-13/h6-7,10-11,13,18,23,25H,1-5,8-9,12H2,(H,22,26)(H,24,27)/t18-/m1/s1. The van der Waals surface area contributed by atoms with E-state index in [-0.39, 0.29) is 18.6 Å². The number of aliphatic hydroxyl groups is 1. The van der Waals surface area contributed by atoms with Crippen molar-refractivity contribution in [3.8, 4) is 0 Å². The molecule has 1 aliphatic rings. The van der Waals surface area contributed by atoms with Crippen LogP contribution in [0.15, 0.2) is 24.4 Å². The van der Waals surface area contributed by atoms with Gasteiger partial charge < -0.3 is 20.7 Å². The lowest BCUT2D eigenvalue weighted by atomic mass is 9.84. The number of benzene rings is 1. The number of aromatic amines is 1. The largest absolute Gasteiger partial charge is 0.394 e. The molecule has 0 aliphatic heterocycles. The Morgan fingerprint density at radius 1 is 1.22 bits per heavy atom. The van der Waals surface area contributed by atoms with E-state index in [0.717, 1.165) is 42.1 Å². The summed E-state index contributed by atoms with van der Waals surface area (Å²) in [5.74, 6) is -1.10. The van der Waals surface area contributed by atoms with Gasteiger partial charge in [-0.1, -0.05) is 30.9 Å². The Morgan fingerprint density at radius 3 is 2.74 bits per heavy atom. The van der Waals surface area contributed by atoms with Crippen LogP contribution in [0.3, 0.4) is 0 Å². The third kappa shape index (κ3) is 5.02. The fraction of sp³-hybridized carbons (Fsp3) is 0.500. The Balaban J connectivity index is 1.49. The first kappa shape index (κ1) is 19.7. The van der Waals surface area contributed by atoms with Crippen molar-refractivity contribution >= 4 is 34.3 Å². The van der Waals surface area contributed by atoms with Crippen molar-refractivity contribution in [3.05, 3.63) is 35.0 Å². The highest BCUT2D eigenvalue weighted by molar-refractivity contribution is 6.35. The number of hydrogen-bond acceptors (Lipinski definition) is 3. The van der Waals surface area contributed by atoms with E-state index in [1.54, 1.807) is 0 Å². The zero-order valence-corrected chi connectivity index (χ0v) is 16.0. The Kier molecular flexibility index (Phi) is 6.74. The quantitative estimate of drug-likeness (QED) is 0.570. The lowest BCUT2D eigenvalue weighted by Gasteiger charge is -2.29. The van der Waals surface area contributed by atoms with Gasteiger partial charge in [-0.25, -0.2) is 0 Å². The second kappa shape index (κ2) is 9.24. The fourth-order valence-electron chi connectivity index (χ4n) is 3.83. The molecule has 0 radical (unpaired) electrons. The van der Waals surface area contributed by atoms with Crippen molar-refractivity contribution in [2.75, 3.05) is 13.2 Å². The number of rotatable bonds is 6. The summed E-state index contributed by atoms with van der Waals surface area (Å²) in [6, 6.07) is 5.26. The van der Waals surface area contributed by atoms with Crippen molar-refractivity contribution in [3.63, 3.8) is 0 Å². The van der Waals surface area contributed by atoms with E-state index < -0.39 is 11.8 Å². The summed E-state index contributed by atoms with van der Waals surface area (Å²) >= 11 is 6.04. The Morgan fingerprint density at radius 2 is 2.00 bits per heavy atom. The van der Waals surface area contributed by atoms with Gasteiger partial charge in [-0.3, -0.25) is 9.59 Å². The van der Waals surface area contributed by atoms with Crippen LogP contribution in [0.1, 0.15) is 37.7 Å². The topological polar surface area (TPSA) is 94.2 Å². The third-order valence-corrected chi connectivity index (χ3v) is 5.58. The van der Waals surface area contributed by atoms with E-state index in [1.807, 2.05) is 24.4 Å². The van der Waals surface area contributed by atoms with Crippen molar-refractivity contribution in [2.45, 2.75) is 44.6 Å². The summed E-state index contributed by atoms with van der Waals surface area (Å²) in [5.41, 5.74) is 2.01. The molecule has 0 bridgehead atoms. The number of carbonyl (C=O) groups is 2. The van der Waals surface area contributed by atoms with E-state index in [4.69, 9.17) is 11.6 Å². The minimum atomic E-state index is -0.679. The average Bonchev–Trinajstić information content (AvgIpc) is 3.08. The van der Waals surface area contributed by atoms with Gasteiger partial charge in [-0.15, -0.1) is 0 Å². The number of aliphatic hydroxyl groups excluding tert-OH is 1. The minimum Gasteiger partial charge on any atom is -0.394 e. The van der Waals surface area contributed by atoms with Gasteiger partial charge in [0.05, 0.1) is 12.6 Å². The lowest BCUT2D eigenvalue weighted by Crippen LogP contribution is -2.49. The van der Waals surface area contributed by atoms with E-state index >= 15 is 0 Å². The van der Waals surface area contributed by atoms with E-state index in [1.165, 1.54) is 6.42 Å². The van der Waals surface area contributed by atoms with Crippen LogP contribution >= 0.6 is 11.6 Å². The first-order valence-electron chi connectivity index (χ1n) is 9.53. The number of aromatic nitrogens is 1. The van der Waals surface area contributed by atoms with Gasteiger partial charge in [0.25, 0.3) is 0 Å². The number of nitrogens with one attached hydrogen (secondary N) is 3. The predicted octanol–water partition coefficient (Wildman–Crippen LogP) is 2.54. The normalized spacial score (nSPS) is 16.2. The molecule has 27 heavy (non-hydrogen) atoms. The predicted molar refractivity (Wildman–Crippen MR) is 106 cm³/mol. The van der Waals surface area contributed by atoms with Gasteiger partial charge in [-0.05, 0) is 48.9 Å². The fourth-order valence-corrected chi connectivity index (χ4v) is 4.00. The number of hydrogen-bond donors (Lipinski definition) is 4. The minimum absolute atomic E-state index is 0.139. The maximum absolute atomic E-state index is 12.1. The van der Waals surface area contributed by atoms with Crippen molar-refractivity contribution < 1.29 is 14.7 Å². The van der Waals surface area contributed by atoms with Gasteiger partial charge in [-0.2, -0.15) is 0 Å². The maximum Gasteiger partial charge on any atom is 0.309 e. The third-order valence-electron chi connectivity index (χ3n) is 5.35. The molecule has 1 atom stereocenters. The second-order valence-corrected chi connectivity index (χ2v) is 7.61. The second-order valence-electron chi connectivity index (χ2n) is 7.17. The number of fused-ring (bicyclic) bond motifs is 1. The molecule has 2 amide bonds. The molecule has 1 heterocycles. The van der Waals surface area contributed by atoms with E-state index in [2.05, 4.69) is 15.6 Å². The molecule has 4 N–H and O–H groups in total. The molecule has 1 aromatic heterocycles. The molecular formula is C20H26ClN3O3. The van der Waals surface area contributed by atoms with Gasteiger partial charge >= 0.3 is 11.8 Å².